The fourth-order valence-electron chi connectivity index (χ4n) is 2.68. The van der Waals surface area contributed by atoms with Gasteiger partial charge >= 0.3 is 12.0 Å². The summed E-state index contributed by atoms with van der Waals surface area (Å²) in [4.78, 5) is 22.8. The summed E-state index contributed by atoms with van der Waals surface area (Å²) in [6.45, 7) is 2.02. The standard InChI is InChI=1S/C15H20N2O3/c1-10(11-5-2-3-6-11)16-15(20)17-13-8-4-7-12(9-13)14(18)19/h4,7-11H,2-3,5-6H2,1H3,(H,18,19)(H2,16,17,20). The number of amides is 2. The molecular weight excluding hydrogens is 256 g/mol. The van der Waals surface area contributed by atoms with Crippen molar-refractivity contribution in [2.75, 3.05) is 5.32 Å². The average Bonchev–Trinajstić information content (AvgIpc) is 2.92. The highest BCUT2D eigenvalue weighted by molar-refractivity contribution is 5.93. The molecule has 0 radical (unpaired) electrons. The Morgan fingerprint density at radius 2 is 2.00 bits per heavy atom. The predicted molar refractivity (Wildman–Crippen MR) is 77.0 cm³/mol. The van der Waals surface area contributed by atoms with Crippen LogP contribution in [0.15, 0.2) is 24.3 Å². The van der Waals surface area contributed by atoms with Crippen LogP contribution in [0.4, 0.5) is 10.5 Å². The van der Waals surface area contributed by atoms with Gasteiger partial charge in [0.1, 0.15) is 0 Å². The quantitative estimate of drug-likeness (QED) is 0.790. The Hall–Kier alpha value is -2.04. The van der Waals surface area contributed by atoms with Gasteiger partial charge in [0.2, 0.25) is 0 Å². The number of benzene rings is 1. The summed E-state index contributed by atoms with van der Waals surface area (Å²) < 4.78 is 0. The van der Waals surface area contributed by atoms with Gasteiger partial charge in [-0.15, -0.1) is 0 Å². The van der Waals surface area contributed by atoms with E-state index in [2.05, 4.69) is 10.6 Å². The van der Waals surface area contributed by atoms with E-state index < -0.39 is 5.97 Å². The molecule has 0 bridgehead atoms. The maximum Gasteiger partial charge on any atom is 0.335 e. The Kier molecular flexibility index (Phi) is 4.61. The lowest BCUT2D eigenvalue weighted by molar-refractivity contribution is 0.0697. The summed E-state index contributed by atoms with van der Waals surface area (Å²) >= 11 is 0. The van der Waals surface area contributed by atoms with Crippen LogP contribution in [0.2, 0.25) is 0 Å². The van der Waals surface area contributed by atoms with Gasteiger partial charge in [0.05, 0.1) is 5.56 Å². The number of rotatable bonds is 4. The normalized spacial score (nSPS) is 16.6. The van der Waals surface area contributed by atoms with E-state index in [9.17, 15) is 9.59 Å². The van der Waals surface area contributed by atoms with Gasteiger partial charge in [0.15, 0.2) is 0 Å². The van der Waals surface area contributed by atoms with E-state index in [0.717, 1.165) is 12.8 Å². The zero-order valence-corrected chi connectivity index (χ0v) is 11.6. The smallest absolute Gasteiger partial charge is 0.335 e. The van der Waals surface area contributed by atoms with E-state index in [-0.39, 0.29) is 17.6 Å². The summed E-state index contributed by atoms with van der Waals surface area (Å²) in [5, 5.41) is 14.5. The van der Waals surface area contributed by atoms with E-state index in [0.29, 0.717) is 11.6 Å². The molecule has 1 atom stereocenters. The minimum absolute atomic E-state index is 0.139. The molecule has 1 aromatic rings. The molecule has 3 N–H and O–H groups in total. The molecule has 1 unspecified atom stereocenters. The van der Waals surface area contributed by atoms with E-state index >= 15 is 0 Å². The van der Waals surface area contributed by atoms with Crippen LogP contribution < -0.4 is 10.6 Å². The van der Waals surface area contributed by atoms with Crippen molar-refractivity contribution in [2.45, 2.75) is 38.6 Å². The first kappa shape index (κ1) is 14.4. The summed E-state index contributed by atoms with van der Waals surface area (Å²) in [5.41, 5.74) is 0.646. The number of hydrogen-bond donors (Lipinski definition) is 3. The van der Waals surface area contributed by atoms with E-state index in [1.54, 1.807) is 12.1 Å². The number of carboxylic acids is 1. The number of carbonyl (C=O) groups is 2. The molecular formula is C15H20N2O3. The maximum absolute atomic E-state index is 11.9. The van der Waals surface area contributed by atoms with Crippen molar-refractivity contribution in [2.24, 2.45) is 5.92 Å². The molecule has 0 spiro atoms. The zero-order valence-electron chi connectivity index (χ0n) is 11.6. The molecule has 5 nitrogen and oxygen atoms in total. The molecule has 2 amide bonds. The zero-order chi connectivity index (χ0) is 14.5. The SMILES string of the molecule is CC(NC(=O)Nc1cccc(C(=O)O)c1)C1CCCC1. The number of nitrogens with one attached hydrogen (secondary N) is 2. The lowest BCUT2D eigenvalue weighted by atomic mass is 10.0. The topological polar surface area (TPSA) is 78.4 Å². The van der Waals surface area contributed by atoms with Gasteiger partial charge in [0.25, 0.3) is 0 Å². The van der Waals surface area contributed by atoms with Crippen molar-refractivity contribution in [1.29, 1.82) is 0 Å². The molecule has 0 heterocycles. The fraction of sp³-hybridized carbons (Fsp3) is 0.467. The van der Waals surface area contributed by atoms with Crippen LogP contribution in [-0.2, 0) is 0 Å². The van der Waals surface area contributed by atoms with E-state index in [1.807, 2.05) is 6.92 Å². The van der Waals surface area contributed by atoms with Gasteiger partial charge in [0, 0.05) is 11.7 Å². The van der Waals surface area contributed by atoms with Crippen molar-refractivity contribution >= 4 is 17.7 Å². The van der Waals surface area contributed by atoms with Crippen LogP contribution in [0.1, 0.15) is 43.0 Å². The molecule has 0 aliphatic heterocycles. The Morgan fingerprint density at radius 1 is 1.30 bits per heavy atom. The van der Waals surface area contributed by atoms with Crippen LogP contribution in [-0.4, -0.2) is 23.1 Å². The number of carboxylic acid groups (broad SMARTS) is 1. The first-order chi connectivity index (χ1) is 9.56. The summed E-state index contributed by atoms with van der Waals surface area (Å²) in [6, 6.07) is 6.08. The van der Waals surface area contributed by atoms with Gasteiger partial charge in [-0.3, -0.25) is 0 Å². The number of anilines is 1. The van der Waals surface area contributed by atoms with Crippen molar-refractivity contribution in [3.63, 3.8) is 0 Å². The third-order valence-electron chi connectivity index (χ3n) is 3.83. The molecule has 1 saturated carbocycles. The predicted octanol–water partition coefficient (Wildman–Crippen LogP) is 3.09. The monoisotopic (exact) mass is 276 g/mol. The van der Waals surface area contributed by atoms with Crippen LogP contribution in [0.3, 0.4) is 0 Å². The Labute approximate surface area is 118 Å². The minimum Gasteiger partial charge on any atom is -0.478 e. The van der Waals surface area contributed by atoms with E-state index in [1.165, 1.54) is 25.0 Å². The molecule has 108 valence electrons. The van der Waals surface area contributed by atoms with Gasteiger partial charge in [-0.05, 0) is 43.9 Å². The molecule has 1 aliphatic carbocycles. The molecule has 20 heavy (non-hydrogen) atoms. The van der Waals surface area contributed by atoms with Gasteiger partial charge < -0.3 is 15.7 Å². The third-order valence-corrected chi connectivity index (χ3v) is 3.83. The van der Waals surface area contributed by atoms with Gasteiger partial charge in [-0.25, -0.2) is 9.59 Å². The molecule has 0 saturated heterocycles. The second-order valence-corrected chi connectivity index (χ2v) is 5.32. The molecule has 1 aliphatic rings. The van der Waals surface area contributed by atoms with Gasteiger partial charge in [-0.2, -0.15) is 0 Å². The van der Waals surface area contributed by atoms with E-state index in [4.69, 9.17) is 5.11 Å². The first-order valence-electron chi connectivity index (χ1n) is 6.97. The molecule has 0 aromatic heterocycles. The van der Waals surface area contributed by atoms with Crippen molar-refractivity contribution in [1.82, 2.24) is 5.32 Å². The molecule has 2 rings (SSSR count). The lowest BCUT2D eigenvalue weighted by Crippen LogP contribution is -2.39. The second-order valence-electron chi connectivity index (χ2n) is 5.32. The fourth-order valence-corrected chi connectivity index (χ4v) is 2.68. The second kappa shape index (κ2) is 6.41. The maximum atomic E-state index is 11.9. The summed E-state index contributed by atoms with van der Waals surface area (Å²) in [5.74, 6) is -0.459. The Morgan fingerprint density at radius 3 is 2.65 bits per heavy atom. The van der Waals surface area contributed by atoms with Gasteiger partial charge in [-0.1, -0.05) is 18.9 Å². The Balaban J connectivity index is 1.90. The summed E-state index contributed by atoms with van der Waals surface area (Å²) in [6.07, 6.45) is 4.80. The molecule has 5 heteroatoms. The first-order valence-corrected chi connectivity index (χ1v) is 6.97. The van der Waals surface area contributed by atoms with Crippen molar-refractivity contribution in [3.05, 3.63) is 29.8 Å². The van der Waals surface area contributed by atoms with Crippen LogP contribution in [0.5, 0.6) is 0 Å². The number of urea groups is 1. The van der Waals surface area contributed by atoms with Crippen LogP contribution in [0, 0.1) is 5.92 Å². The highest BCUT2D eigenvalue weighted by atomic mass is 16.4. The Bertz CT molecular complexity index is 496. The number of aromatic carboxylic acids is 1. The highest BCUT2D eigenvalue weighted by Crippen LogP contribution is 2.27. The number of carbonyl (C=O) groups excluding carboxylic acids is 1. The summed E-state index contributed by atoms with van der Waals surface area (Å²) in [7, 11) is 0. The highest BCUT2D eigenvalue weighted by Gasteiger charge is 2.22. The average molecular weight is 276 g/mol. The van der Waals surface area contributed by atoms with Crippen LogP contribution in [0.25, 0.3) is 0 Å². The van der Waals surface area contributed by atoms with Crippen molar-refractivity contribution in [3.8, 4) is 0 Å². The van der Waals surface area contributed by atoms with Crippen LogP contribution >= 0.6 is 0 Å². The largest absolute Gasteiger partial charge is 0.478 e. The number of hydrogen-bond acceptors (Lipinski definition) is 2. The minimum atomic E-state index is -1.01. The molecule has 1 fully saturated rings. The lowest BCUT2D eigenvalue weighted by Gasteiger charge is -2.20. The molecule has 1 aromatic carbocycles. The third kappa shape index (κ3) is 3.73. The van der Waals surface area contributed by atoms with Crippen molar-refractivity contribution < 1.29 is 14.7 Å².